The van der Waals surface area contributed by atoms with Crippen LogP contribution in [0.15, 0.2) is 146 Å². The van der Waals surface area contributed by atoms with E-state index in [0.717, 1.165) is 116 Å². The minimum Gasteiger partial charge on any atom is -0.462 e. The molecular formula is C77H128O5. The summed E-state index contributed by atoms with van der Waals surface area (Å²) in [4.78, 5) is 24.6. The summed E-state index contributed by atoms with van der Waals surface area (Å²) in [6.45, 7) is 4.02. The predicted molar refractivity (Wildman–Crippen MR) is 361 cm³/mol. The molecule has 1 atom stereocenters. The fourth-order valence-electron chi connectivity index (χ4n) is 9.50. The molecule has 0 amide bonds. The topological polar surface area (TPSA) is 72.8 Å². The zero-order valence-corrected chi connectivity index (χ0v) is 53.5. The van der Waals surface area contributed by atoms with Crippen LogP contribution in [0.3, 0.4) is 0 Å². The molecule has 0 aliphatic carbocycles. The fraction of sp³-hybridized carbons (Fsp3) is 0.662. The van der Waals surface area contributed by atoms with E-state index in [1.807, 2.05) is 0 Å². The summed E-state index contributed by atoms with van der Waals surface area (Å²) >= 11 is 0. The van der Waals surface area contributed by atoms with Gasteiger partial charge in [-0.25, -0.2) is 0 Å². The molecule has 0 spiro atoms. The van der Waals surface area contributed by atoms with Gasteiger partial charge in [0.15, 0.2) is 6.10 Å². The van der Waals surface area contributed by atoms with E-state index in [2.05, 4.69) is 160 Å². The molecule has 82 heavy (non-hydrogen) atoms. The van der Waals surface area contributed by atoms with Gasteiger partial charge in [-0.15, -0.1) is 0 Å². The van der Waals surface area contributed by atoms with Crippen LogP contribution < -0.4 is 0 Å². The van der Waals surface area contributed by atoms with E-state index in [1.165, 1.54) is 167 Å². The second-order valence-corrected chi connectivity index (χ2v) is 22.5. The first-order chi connectivity index (χ1) is 40.6. The Balaban J connectivity index is 3.54. The van der Waals surface area contributed by atoms with Crippen molar-refractivity contribution < 1.29 is 24.2 Å². The summed E-state index contributed by atoms with van der Waals surface area (Å²) in [5.41, 5.74) is 0. The van der Waals surface area contributed by atoms with Crippen LogP contribution in [-0.2, 0) is 19.1 Å². The predicted octanol–water partition coefficient (Wildman–Crippen LogP) is 24.1. The summed E-state index contributed by atoms with van der Waals surface area (Å²) in [5, 5.41) is 9.70. The number of esters is 2. The van der Waals surface area contributed by atoms with Crippen molar-refractivity contribution in [3.63, 3.8) is 0 Å². The van der Waals surface area contributed by atoms with Crippen LogP contribution in [0, 0.1) is 0 Å². The molecule has 0 saturated carbocycles. The van der Waals surface area contributed by atoms with Crippen LogP contribution in [-0.4, -0.2) is 36.4 Å². The van der Waals surface area contributed by atoms with E-state index in [1.54, 1.807) is 0 Å². The lowest BCUT2D eigenvalue weighted by Gasteiger charge is -2.15. The van der Waals surface area contributed by atoms with Crippen molar-refractivity contribution in [3.05, 3.63) is 146 Å². The normalized spacial score (nSPS) is 13.2. The van der Waals surface area contributed by atoms with Gasteiger partial charge in [0.25, 0.3) is 0 Å². The molecule has 5 heteroatoms. The largest absolute Gasteiger partial charge is 0.462 e. The summed E-state index contributed by atoms with van der Waals surface area (Å²) in [6.07, 6.45) is 107. The molecule has 0 aromatic heterocycles. The quantitative estimate of drug-likeness (QED) is 0.0373. The Morgan fingerprint density at radius 3 is 0.793 bits per heavy atom. The van der Waals surface area contributed by atoms with Gasteiger partial charge in [-0.3, -0.25) is 9.59 Å². The van der Waals surface area contributed by atoms with Gasteiger partial charge < -0.3 is 14.6 Å². The highest BCUT2D eigenvalue weighted by molar-refractivity contribution is 5.70. The highest BCUT2D eigenvalue weighted by atomic mass is 16.6. The Kier molecular flexibility index (Phi) is 67.4. The van der Waals surface area contributed by atoms with Gasteiger partial charge in [-0.1, -0.05) is 320 Å². The van der Waals surface area contributed by atoms with Crippen molar-refractivity contribution in [2.45, 2.75) is 315 Å². The molecule has 466 valence electrons. The van der Waals surface area contributed by atoms with E-state index < -0.39 is 6.10 Å². The molecule has 0 heterocycles. The molecule has 0 radical (unpaired) electrons. The van der Waals surface area contributed by atoms with Gasteiger partial charge in [0.05, 0.1) is 6.61 Å². The SMILES string of the molecule is CC/C=C\C/C=C\C/C=C\C/C=C\C/C=C\C/C=C\C/C=C\C/C=C\C/C=C\CCCCCCCCCC(=O)OC(CO)COC(=O)CCCCCCCCCCCCCCCCCCCC/C=C\C/C=C\C/C=C\CCCCCCC. The number of allylic oxidation sites excluding steroid dienone is 24. The number of unbranched alkanes of at least 4 members (excludes halogenated alkanes) is 30. The lowest BCUT2D eigenvalue weighted by atomic mass is 10.0. The molecule has 0 aromatic rings. The molecule has 0 bridgehead atoms. The van der Waals surface area contributed by atoms with Crippen LogP contribution in [0.1, 0.15) is 309 Å². The number of hydrogen-bond acceptors (Lipinski definition) is 5. The average molecular weight is 1130 g/mol. The lowest BCUT2D eigenvalue weighted by Crippen LogP contribution is -2.28. The van der Waals surface area contributed by atoms with Crippen molar-refractivity contribution in [1.82, 2.24) is 0 Å². The molecule has 5 nitrogen and oxygen atoms in total. The number of aliphatic hydroxyl groups is 1. The third-order valence-electron chi connectivity index (χ3n) is 14.6. The molecule has 1 unspecified atom stereocenters. The second-order valence-electron chi connectivity index (χ2n) is 22.5. The average Bonchev–Trinajstić information content (AvgIpc) is 3.49. The van der Waals surface area contributed by atoms with Gasteiger partial charge >= 0.3 is 11.9 Å². The van der Waals surface area contributed by atoms with Crippen LogP contribution in [0.4, 0.5) is 0 Å². The third kappa shape index (κ3) is 68.3. The molecule has 0 aliphatic heterocycles. The summed E-state index contributed by atoms with van der Waals surface area (Å²) in [7, 11) is 0. The maximum absolute atomic E-state index is 12.4. The Bertz CT molecular complexity index is 1710. The number of carbonyl (C=O) groups excluding carboxylic acids is 2. The van der Waals surface area contributed by atoms with Gasteiger partial charge in [0.2, 0.25) is 0 Å². The molecule has 0 rings (SSSR count). The summed E-state index contributed by atoms with van der Waals surface area (Å²) in [6, 6.07) is 0. The third-order valence-corrected chi connectivity index (χ3v) is 14.6. The van der Waals surface area contributed by atoms with Crippen molar-refractivity contribution in [2.24, 2.45) is 0 Å². The first-order valence-corrected chi connectivity index (χ1v) is 34.4. The minimum atomic E-state index is -0.789. The van der Waals surface area contributed by atoms with Crippen LogP contribution in [0.5, 0.6) is 0 Å². The Morgan fingerprint density at radius 1 is 0.293 bits per heavy atom. The maximum atomic E-state index is 12.4. The van der Waals surface area contributed by atoms with Crippen molar-refractivity contribution >= 4 is 11.9 Å². The Morgan fingerprint density at radius 2 is 0.524 bits per heavy atom. The van der Waals surface area contributed by atoms with Gasteiger partial charge in [0.1, 0.15) is 6.61 Å². The standard InChI is InChI=1S/C77H128O5/c1-3-5-7-9-11-13-15-17-19-21-23-25-27-29-31-33-35-37-38-40-42-44-46-48-50-52-54-56-58-60-62-64-66-68-70-72-77(80)82-75(73-78)74-81-76(79)71-69-67-65-63-61-59-57-55-53-51-49-47-45-43-41-39-36-34-32-30-28-26-24-22-20-18-16-14-12-10-8-6-4-2/h5,7,11,13,16-19,22-25,28-31,35,37,40,42,46,48,52,54,75,78H,3-4,6,8-10,12,14-15,20-21,26-27,32-34,36,38-39,41,43-45,47,49-51,53,55-74H2,1-2H3/b7-5-,13-11-,18-16-,19-17-,24-22-,25-23-,30-28-,31-29-,37-35-,42-40-,48-46-,54-52-. The number of rotatable bonds is 62. The van der Waals surface area contributed by atoms with Crippen molar-refractivity contribution in [2.75, 3.05) is 13.2 Å². The Labute approximate surface area is 508 Å². The minimum absolute atomic E-state index is 0.0764. The van der Waals surface area contributed by atoms with Crippen molar-refractivity contribution in [3.8, 4) is 0 Å². The first-order valence-electron chi connectivity index (χ1n) is 34.4. The van der Waals surface area contributed by atoms with E-state index in [-0.39, 0.29) is 25.2 Å². The van der Waals surface area contributed by atoms with Crippen molar-refractivity contribution in [1.29, 1.82) is 0 Å². The molecule has 0 aromatic carbocycles. The number of aliphatic hydroxyl groups excluding tert-OH is 1. The van der Waals surface area contributed by atoms with E-state index >= 15 is 0 Å². The van der Waals surface area contributed by atoms with Gasteiger partial charge in [-0.05, 0) is 122 Å². The van der Waals surface area contributed by atoms with E-state index in [4.69, 9.17) is 9.47 Å². The Hall–Kier alpha value is -4.22. The number of carbonyl (C=O) groups is 2. The number of hydrogen-bond donors (Lipinski definition) is 1. The number of ether oxygens (including phenoxy) is 2. The zero-order valence-electron chi connectivity index (χ0n) is 53.5. The summed E-state index contributed by atoms with van der Waals surface area (Å²) in [5.74, 6) is -0.602. The van der Waals surface area contributed by atoms with Crippen LogP contribution >= 0.6 is 0 Å². The van der Waals surface area contributed by atoms with E-state index in [9.17, 15) is 14.7 Å². The van der Waals surface area contributed by atoms with Crippen LogP contribution in [0.25, 0.3) is 0 Å². The fourth-order valence-corrected chi connectivity index (χ4v) is 9.50. The molecular weight excluding hydrogens is 1000 g/mol. The highest BCUT2D eigenvalue weighted by Gasteiger charge is 2.16. The second kappa shape index (κ2) is 71.0. The highest BCUT2D eigenvalue weighted by Crippen LogP contribution is 2.17. The monoisotopic (exact) mass is 1130 g/mol. The molecule has 0 aliphatic rings. The molecule has 0 saturated heterocycles. The maximum Gasteiger partial charge on any atom is 0.306 e. The van der Waals surface area contributed by atoms with E-state index in [0.29, 0.717) is 12.8 Å². The lowest BCUT2D eigenvalue weighted by molar-refractivity contribution is -0.161. The zero-order chi connectivity index (χ0) is 59.1. The summed E-state index contributed by atoms with van der Waals surface area (Å²) < 4.78 is 10.7. The van der Waals surface area contributed by atoms with Gasteiger partial charge in [-0.2, -0.15) is 0 Å². The smallest absolute Gasteiger partial charge is 0.306 e. The molecule has 0 fully saturated rings. The van der Waals surface area contributed by atoms with Gasteiger partial charge in [0, 0.05) is 12.8 Å². The first kappa shape index (κ1) is 77.8. The molecule has 1 N–H and O–H groups in total. The van der Waals surface area contributed by atoms with Crippen LogP contribution in [0.2, 0.25) is 0 Å².